The van der Waals surface area contributed by atoms with Gasteiger partial charge in [-0.15, -0.1) is 0 Å². The van der Waals surface area contributed by atoms with Gasteiger partial charge in [0.1, 0.15) is 0 Å². The van der Waals surface area contributed by atoms with Gasteiger partial charge in [0, 0.05) is 22.2 Å². The van der Waals surface area contributed by atoms with Crippen molar-refractivity contribution in [3.63, 3.8) is 0 Å². The van der Waals surface area contributed by atoms with Gasteiger partial charge < -0.3 is 14.3 Å². The lowest BCUT2D eigenvalue weighted by molar-refractivity contribution is 0.00578. The molecule has 1 N–H and O–H groups in total. The summed E-state index contributed by atoms with van der Waals surface area (Å²) in [6, 6.07) is 22.4. The lowest BCUT2D eigenvalue weighted by Crippen LogP contribution is -2.41. The van der Waals surface area contributed by atoms with Crippen molar-refractivity contribution in [2.24, 2.45) is 5.41 Å². The zero-order chi connectivity index (χ0) is 25.7. The Labute approximate surface area is 219 Å². The summed E-state index contributed by atoms with van der Waals surface area (Å²) >= 11 is 0. The first kappa shape index (κ1) is 23.1. The van der Waals surface area contributed by atoms with Gasteiger partial charge in [-0.25, -0.2) is 0 Å². The second-order valence-corrected chi connectivity index (χ2v) is 12.8. The summed E-state index contributed by atoms with van der Waals surface area (Å²) < 4.78 is 12.8. The Morgan fingerprint density at radius 2 is 1.59 bits per heavy atom. The van der Waals surface area contributed by atoms with Crippen LogP contribution >= 0.6 is 0 Å². The Kier molecular flexibility index (Phi) is 4.67. The Morgan fingerprint density at radius 1 is 0.838 bits per heavy atom. The molecule has 37 heavy (non-hydrogen) atoms. The van der Waals surface area contributed by atoms with Crippen molar-refractivity contribution in [2.45, 2.75) is 65.1 Å². The number of aromatic nitrogens is 1. The van der Waals surface area contributed by atoms with Crippen LogP contribution in [0.15, 0.2) is 60.7 Å². The highest BCUT2D eigenvalue weighted by Gasteiger charge is 2.51. The minimum Gasteiger partial charge on any atom is -0.399 e. The molecule has 1 fully saturated rings. The van der Waals surface area contributed by atoms with Gasteiger partial charge in [-0.2, -0.15) is 0 Å². The molecule has 1 unspecified atom stereocenters. The summed E-state index contributed by atoms with van der Waals surface area (Å²) in [4.78, 5) is 3.79. The molecule has 2 aliphatic carbocycles. The SMILES string of the molecule is CC1(C)C=c2[nH]c3cc4c(cc3c2C(c2cccc(B3OC(C)(C)C(C)(C)O3)c2)C1)-c1ccccc1C=4. The Hall–Kier alpha value is -3.08. The topological polar surface area (TPSA) is 34.2 Å². The smallest absolute Gasteiger partial charge is 0.399 e. The highest BCUT2D eigenvalue weighted by Crippen LogP contribution is 2.43. The second kappa shape index (κ2) is 7.49. The van der Waals surface area contributed by atoms with E-state index in [-0.39, 0.29) is 29.7 Å². The maximum Gasteiger partial charge on any atom is 0.494 e. The number of nitrogens with one attached hydrogen (secondary N) is 1. The van der Waals surface area contributed by atoms with E-state index >= 15 is 0 Å². The summed E-state index contributed by atoms with van der Waals surface area (Å²) in [7, 11) is -0.356. The minimum absolute atomic E-state index is 0.0837. The number of H-pyrrole nitrogens is 1. The fourth-order valence-electron chi connectivity index (χ4n) is 6.44. The molecular formula is C33H34BNO2. The van der Waals surface area contributed by atoms with Gasteiger partial charge in [-0.1, -0.05) is 68.5 Å². The van der Waals surface area contributed by atoms with Crippen molar-refractivity contribution in [2.75, 3.05) is 0 Å². The van der Waals surface area contributed by atoms with Gasteiger partial charge in [-0.05, 0) is 96.2 Å². The van der Waals surface area contributed by atoms with Crippen molar-refractivity contribution < 1.29 is 9.31 Å². The third-order valence-corrected chi connectivity index (χ3v) is 9.05. The molecule has 0 radical (unpaired) electrons. The largest absolute Gasteiger partial charge is 0.494 e. The number of aromatic amines is 1. The maximum atomic E-state index is 6.40. The van der Waals surface area contributed by atoms with E-state index in [1.54, 1.807) is 0 Å². The van der Waals surface area contributed by atoms with Crippen LogP contribution in [0.25, 0.3) is 34.2 Å². The van der Waals surface area contributed by atoms with Crippen LogP contribution in [0.2, 0.25) is 0 Å². The van der Waals surface area contributed by atoms with Crippen LogP contribution in [-0.2, 0) is 9.31 Å². The Morgan fingerprint density at radius 3 is 2.38 bits per heavy atom. The molecule has 7 rings (SSSR count). The van der Waals surface area contributed by atoms with Gasteiger partial charge in [0.25, 0.3) is 0 Å². The maximum absolute atomic E-state index is 6.40. The standard InChI is InChI=1S/C33H34BNO2/c1-31(2)18-27(21-11-9-12-23(15-21)34-36-32(3,4)33(5,6)37-34)30-26-17-25-22(16-28(26)35-29(30)19-31)14-20-10-7-8-13-24(20)25/h7-17,19,27,35H,18H2,1-6H3. The van der Waals surface area contributed by atoms with Crippen molar-refractivity contribution in [1.29, 1.82) is 0 Å². The zero-order valence-electron chi connectivity index (χ0n) is 22.6. The summed E-state index contributed by atoms with van der Waals surface area (Å²) in [5.74, 6) is 0.282. The molecule has 3 aliphatic rings. The fraction of sp³-hybridized carbons (Fsp3) is 0.333. The third kappa shape index (κ3) is 3.49. The van der Waals surface area contributed by atoms with E-state index in [1.807, 2.05) is 0 Å². The number of hydrogen-bond acceptors (Lipinski definition) is 2. The van der Waals surface area contributed by atoms with E-state index in [4.69, 9.17) is 9.31 Å². The van der Waals surface area contributed by atoms with Gasteiger partial charge in [-0.3, -0.25) is 0 Å². The third-order valence-electron chi connectivity index (χ3n) is 9.05. The van der Waals surface area contributed by atoms with Crippen LogP contribution in [-0.4, -0.2) is 23.3 Å². The first-order chi connectivity index (χ1) is 17.5. The van der Waals surface area contributed by atoms with Crippen molar-refractivity contribution >= 4 is 35.6 Å². The van der Waals surface area contributed by atoms with Crippen LogP contribution in [0.3, 0.4) is 0 Å². The van der Waals surface area contributed by atoms with Gasteiger partial charge in [0.05, 0.1) is 11.2 Å². The molecule has 0 saturated carbocycles. The molecule has 0 amide bonds. The van der Waals surface area contributed by atoms with Gasteiger partial charge in [0.2, 0.25) is 0 Å². The lowest BCUT2D eigenvalue weighted by Gasteiger charge is -2.32. The molecule has 1 aromatic heterocycles. The first-order valence-electron chi connectivity index (χ1n) is 13.5. The van der Waals surface area contributed by atoms with Crippen LogP contribution in [0, 0.1) is 5.41 Å². The van der Waals surface area contributed by atoms with E-state index < -0.39 is 0 Å². The monoisotopic (exact) mass is 487 g/mol. The van der Waals surface area contributed by atoms with Crippen LogP contribution in [0.1, 0.15) is 70.6 Å². The van der Waals surface area contributed by atoms with Gasteiger partial charge in [0.15, 0.2) is 0 Å². The highest BCUT2D eigenvalue weighted by molar-refractivity contribution is 6.62. The first-order valence-corrected chi connectivity index (χ1v) is 13.5. The van der Waals surface area contributed by atoms with Gasteiger partial charge >= 0.3 is 7.12 Å². The quantitative estimate of drug-likeness (QED) is 0.328. The number of hydrogen-bond donors (Lipinski definition) is 1. The molecule has 4 heteroatoms. The van der Waals surface area contributed by atoms with Crippen molar-refractivity contribution in [3.8, 4) is 11.1 Å². The molecule has 3 aromatic carbocycles. The average molecular weight is 487 g/mol. The lowest BCUT2D eigenvalue weighted by atomic mass is 9.70. The highest BCUT2D eigenvalue weighted by atomic mass is 16.7. The number of rotatable bonds is 2. The van der Waals surface area contributed by atoms with E-state index in [1.165, 1.54) is 49.3 Å². The Bertz CT molecular complexity index is 1690. The van der Waals surface area contributed by atoms with Crippen molar-refractivity contribution in [3.05, 3.63) is 87.9 Å². The number of benzene rings is 3. The molecule has 1 saturated heterocycles. The predicted molar refractivity (Wildman–Crippen MR) is 153 cm³/mol. The van der Waals surface area contributed by atoms with Crippen molar-refractivity contribution in [1.82, 2.24) is 4.98 Å². The Balaban J connectivity index is 1.38. The fourth-order valence-corrected chi connectivity index (χ4v) is 6.44. The molecule has 186 valence electrons. The normalized spacial score (nSPS) is 22.2. The van der Waals surface area contributed by atoms with E-state index in [0.717, 1.165) is 11.9 Å². The minimum atomic E-state index is -0.356. The molecule has 4 aromatic rings. The molecule has 0 spiro atoms. The summed E-state index contributed by atoms with van der Waals surface area (Å²) in [5, 5.41) is 3.89. The predicted octanol–water partition coefficient (Wildman–Crippen LogP) is 5.62. The average Bonchev–Trinajstić information content (AvgIpc) is 3.44. The molecule has 0 bridgehead atoms. The zero-order valence-corrected chi connectivity index (χ0v) is 22.6. The molecule has 1 atom stereocenters. The summed E-state index contributed by atoms with van der Waals surface area (Å²) in [5.41, 5.74) is 8.38. The van der Waals surface area contributed by atoms with E-state index in [2.05, 4.69) is 119 Å². The van der Waals surface area contributed by atoms with Crippen LogP contribution in [0.4, 0.5) is 0 Å². The van der Waals surface area contributed by atoms with Crippen LogP contribution < -0.4 is 16.0 Å². The van der Waals surface area contributed by atoms with E-state index in [9.17, 15) is 0 Å². The number of fused-ring (bicyclic) bond motifs is 6. The van der Waals surface area contributed by atoms with Crippen LogP contribution in [0.5, 0.6) is 0 Å². The van der Waals surface area contributed by atoms with E-state index in [0.29, 0.717) is 0 Å². The molecular weight excluding hydrogens is 453 g/mol. The summed E-state index contributed by atoms with van der Waals surface area (Å²) in [6.45, 7) is 13.1. The molecule has 1 aliphatic heterocycles. The molecule has 2 heterocycles. The summed E-state index contributed by atoms with van der Waals surface area (Å²) in [6.07, 6.45) is 5.79. The molecule has 3 nitrogen and oxygen atoms in total. The second-order valence-electron chi connectivity index (χ2n) is 12.8.